The molecular formula is C17H24ClN5O. The molecule has 7 heteroatoms. The van der Waals surface area contributed by atoms with E-state index in [2.05, 4.69) is 15.4 Å². The smallest absolute Gasteiger partial charge is 0.193 e. The van der Waals surface area contributed by atoms with Crippen molar-refractivity contribution in [3.05, 3.63) is 46.7 Å². The number of aromatic nitrogens is 2. The highest BCUT2D eigenvalue weighted by molar-refractivity contribution is 6.30. The Kier molecular flexibility index (Phi) is 6.49. The van der Waals surface area contributed by atoms with E-state index in [1.54, 1.807) is 11.7 Å². The van der Waals surface area contributed by atoms with Gasteiger partial charge in [0.05, 0.1) is 12.8 Å². The van der Waals surface area contributed by atoms with Gasteiger partial charge in [0.25, 0.3) is 0 Å². The van der Waals surface area contributed by atoms with Crippen LogP contribution in [0.2, 0.25) is 5.02 Å². The van der Waals surface area contributed by atoms with E-state index >= 15 is 0 Å². The Morgan fingerprint density at radius 1 is 1.46 bits per heavy atom. The summed E-state index contributed by atoms with van der Waals surface area (Å²) in [7, 11) is 5.67. The molecule has 0 aliphatic rings. The zero-order valence-electron chi connectivity index (χ0n) is 14.6. The lowest BCUT2D eigenvalue weighted by atomic mass is 10.2. The summed E-state index contributed by atoms with van der Waals surface area (Å²) >= 11 is 6.04. The van der Waals surface area contributed by atoms with Crippen LogP contribution in [0, 0.1) is 0 Å². The highest BCUT2D eigenvalue weighted by Gasteiger charge is 2.10. The van der Waals surface area contributed by atoms with E-state index in [4.69, 9.17) is 16.3 Å². The van der Waals surface area contributed by atoms with Crippen LogP contribution in [0.4, 0.5) is 0 Å². The molecule has 0 spiro atoms. The molecule has 2 rings (SSSR count). The Labute approximate surface area is 148 Å². The van der Waals surface area contributed by atoms with E-state index in [0.29, 0.717) is 18.2 Å². The summed E-state index contributed by atoms with van der Waals surface area (Å²) in [6.07, 6.45) is 3.85. The number of aryl methyl sites for hydroxylation is 1. The van der Waals surface area contributed by atoms with Crippen molar-refractivity contribution in [1.82, 2.24) is 20.0 Å². The fraction of sp³-hybridized carbons (Fsp3) is 0.412. The van der Waals surface area contributed by atoms with E-state index < -0.39 is 0 Å². The standard InChI is InChI=1S/C17H24ClN5O/c1-5-24-16-8-15(18)7-6-14(16)10-20-17(19-2)22(3)11-13-9-21-23(4)12-13/h6-9,12H,5,10-11H2,1-4H3,(H,19,20). The minimum absolute atomic E-state index is 0.600. The predicted octanol–water partition coefficient (Wildman–Crippen LogP) is 2.68. The van der Waals surface area contributed by atoms with Gasteiger partial charge >= 0.3 is 0 Å². The summed E-state index contributed by atoms with van der Waals surface area (Å²) in [5.41, 5.74) is 2.17. The highest BCUT2D eigenvalue weighted by atomic mass is 35.5. The minimum Gasteiger partial charge on any atom is -0.493 e. The van der Waals surface area contributed by atoms with Crippen LogP contribution in [-0.2, 0) is 20.1 Å². The number of aliphatic imine (C=N–C) groups is 1. The average molecular weight is 350 g/mol. The third-order valence-electron chi connectivity index (χ3n) is 3.52. The van der Waals surface area contributed by atoms with Gasteiger partial charge in [0.1, 0.15) is 5.75 Å². The van der Waals surface area contributed by atoms with Gasteiger partial charge in [0.2, 0.25) is 0 Å². The van der Waals surface area contributed by atoms with Crippen LogP contribution >= 0.6 is 11.6 Å². The van der Waals surface area contributed by atoms with Gasteiger partial charge in [-0.3, -0.25) is 9.67 Å². The molecule has 24 heavy (non-hydrogen) atoms. The number of hydrogen-bond acceptors (Lipinski definition) is 3. The number of halogens is 1. The van der Waals surface area contributed by atoms with E-state index in [9.17, 15) is 0 Å². The molecule has 0 unspecified atom stereocenters. The van der Waals surface area contributed by atoms with E-state index in [1.807, 2.05) is 56.5 Å². The zero-order chi connectivity index (χ0) is 17.5. The number of rotatable bonds is 6. The first-order valence-corrected chi connectivity index (χ1v) is 8.21. The van der Waals surface area contributed by atoms with Gasteiger partial charge in [-0.2, -0.15) is 5.10 Å². The van der Waals surface area contributed by atoms with Crippen LogP contribution in [0.15, 0.2) is 35.6 Å². The summed E-state index contributed by atoms with van der Waals surface area (Å²) < 4.78 is 7.45. The lowest BCUT2D eigenvalue weighted by Crippen LogP contribution is -2.38. The maximum absolute atomic E-state index is 6.04. The molecule has 2 aromatic rings. The Balaban J connectivity index is 2.00. The predicted molar refractivity (Wildman–Crippen MR) is 97.5 cm³/mol. The summed E-state index contributed by atoms with van der Waals surface area (Å²) in [5.74, 6) is 1.60. The molecule has 0 amide bonds. The van der Waals surface area contributed by atoms with E-state index in [1.165, 1.54) is 0 Å². The first-order chi connectivity index (χ1) is 11.5. The topological polar surface area (TPSA) is 54.7 Å². The van der Waals surface area contributed by atoms with Gasteiger partial charge in [-0.05, 0) is 19.1 Å². The maximum Gasteiger partial charge on any atom is 0.193 e. The number of hydrogen-bond donors (Lipinski definition) is 1. The van der Waals surface area contributed by atoms with Crippen molar-refractivity contribution in [1.29, 1.82) is 0 Å². The Morgan fingerprint density at radius 2 is 2.25 bits per heavy atom. The summed E-state index contributed by atoms with van der Waals surface area (Å²) in [5, 5.41) is 8.21. The second-order valence-corrected chi connectivity index (χ2v) is 5.90. The normalized spacial score (nSPS) is 11.5. The second-order valence-electron chi connectivity index (χ2n) is 5.46. The van der Waals surface area contributed by atoms with Crippen molar-refractivity contribution in [3.8, 4) is 5.75 Å². The molecule has 1 N–H and O–H groups in total. The third kappa shape index (κ3) is 4.89. The SMILES string of the molecule is CCOc1cc(Cl)ccc1CNC(=NC)N(C)Cc1cnn(C)c1. The molecule has 0 radical (unpaired) electrons. The number of benzene rings is 1. The van der Waals surface area contributed by atoms with Gasteiger partial charge in [0.15, 0.2) is 5.96 Å². The molecular weight excluding hydrogens is 326 g/mol. The van der Waals surface area contributed by atoms with Crippen molar-refractivity contribution in [2.24, 2.45) is 12.0 Å². The van der Waals surface area contributed by atoms with Gasteiger partial charge in [-0.15, -0.1) is 0 Å². The van der Waals surface area contributed by atoms with Crippen LogP contribution in [0.5, 0.6) is 5.75 Å². The van der Waals surface area contributed by atoms with Crippen LogP contribution in [0.1, 0.15) is 18.1 Å². The molecule has 1 heterocycles. The molecule has 0 aliphatic heterocycles. The molecule has 1 aromatic heterocycles. The summed E-state index contributed by atoms with van der Waals surface area (Å²) in [4.78, 5) is 6.39. The van der Waals surface area contributed by atoms with Crippen molar-refractivity contribution in [3.63, 3.8) is 0 Å². The quantitative estimate of drug-likeness (QED) is 0.643. The van der Waals surface area contributed by atoms with Crippen molar-refractivity contribution >= 4 is 17.6 Å². The molecule has 0 atom stereocenters. The number of guanidine groups is 1. The fourth-order valence-electron chi connectivity index (χ4n) is 2.43. The summed E-state index contributed by atoms with van der Waals surface area (Å²) in [6.45, 7) is 3.89. The van der Waals surface area contributed by atoms with Crippen LogP contribution in [0.3, 0.4) is 0 Å². The van der Waals surface area contributed by atoms with Gasteiger partial charge in [0, 0.05) is 56.6 Å². The maximum atomic E-state index is 6.04. The average Bonchev–Trinajstić information content (AvgIpc) is 2.95. The van der Waals surface area contributed by atoms with Crippen LogP contribution in [0.25, 0.3) is 0 Å². The zero-order valence-corrected chi connectivity index (χ0v) is 15.3. The largest absolute Gasteiger partial charge is 0.493 e. The van der Waals surface area contributed by atoms with Crippen molar-refractivity contribution in [2.75, 3.05) is 20.7 Å². The molecule has 0 bridgehead atoms. The molecule has 1 aromatic carbocycles. The number of nitrogens with one attached hydrogen (secondary N) is 1. The van der Waals surface area contributed by atoms with Crippen LogP contribution in [-0.4, -0.2) is 41.3 Å². The number of ether oxygens (including phenoxy) is 1. The lowest BCUT2D eigenvalue weighted by Gasteiger charge is -2.22. The summed E-state index contributed by atoms with van der Waals surface area (Å²) in [6, 6.07) is 5.67. The first-order valence-electron chi connectivity index (χ1n) is 7.84. The molecule has 0 saturated heterocycles. The highest BCUT2D eigenvalue weighted by Crippen LogP contribution is 2.23. The molecule has 130 valence electrons. The monoisotopic (exact) mass is 349 g/mol. The minimum atomic E-state index is 0.600. The molecule has 0 aliphatic carbocycles. The Bertz CT molecular complexity index is 698. The van der Waals surface area contributed by atoms with Gasteiger partial charge in [-0.1, -0.05) is 17.7 Å². The number of nitrogens with zero attached hydrogens (tertiary/aromatic N) is 4. The van der Waals surface area contributed by atoms with Gasteiger partial charge < -0.3 is 15.0 Å². The van der Waals surface area contributed by atoms with E-state index in [-0.39, 0.29) is 0 Å². The lowest BCUT2D eigenvalue weighted by molar-refractivity contribution is 0.336. The molecule has 0 saturated carbocycles. The Hall–Kier alpha value is -2.21. The fourth-order valence-corrected chi connectivity index (χ4v) is 2.59. The van der Waals surface area contributed by atoms with Crippen molar-refractivity contribution < 1.29 is 4.74 Å². The second kappa shape index (κ2) is 8.59. The van der Waals surface area contributed by atoms with Gasteiger partial charge in [-0.25, -0.2) is 0 Å². The van der Waals surface area contributed by atoms with E-state index in [0.717, 1.165) is 29.4 Å². The molecule has 0 fully saturated rings. The van der Waals surface area contributed by atoms with Crippen LogP contribution < -0.4 is 10.1 Å². The third-order valence-corrected chi connectivity index (χ3v) is 3.75. The first kappa shape index (κ1) is 18.1. The molecule has 6 nitrogen and oxygen atoms in total. The Morgan fingerprint density at radius 3 is 2.88 bits per heavy atom. The van der Waals surface area contributed by atoms with Crippen molar-refractivity contribution in [2.45, 2.75) is 20.0 Å².